The van der Waals surface area contributed by atoms with Crippen molar-refractivity contribution in [3.05, 3.63) is 46.5 Å². The summed E-state index contributed by atoms with van der Waals surface area (Å²) in [6.07, 6.45) is 8.67. The molecule has 0 radical (unpaired) electrons. The molecule has 5 N–H and O–H groups in total. The molecular formula is C40H48N2O8. The number of ketones is 1. The van der Waals surface area contributed by atoms with Crippen molar-refractivity contribution in [1.29, 1.82) is 0 Å². The molecule has 266 valence electrons. The maximum atomic E-state index is 12.7. The molecule has 9 atom stereocenters. The average Bonchev–Trinajstić information content (AvgIpc) is 4.02. The first-order valence-corrected chi connectivity index (χ1v) is 19.3. The van der Waals surface area contributed by atoms with Gasteiger partial charge in [-0.25, -0.2) is 0 Å². The summed E-state index contributed by atoms with van der Waals surface area (Å²) in [5, 5.41) is 55.4. The molecular weight excluding hydrogens is 636 g/mol. The lowest BCUT2D eigenvalue weighted by molar-refractivity contribution is -0.208. The summed E-state index contributed by atoms with van der Waals surface area (Å²) in [5.41, 5.74) is 1.17. The number of hydrogen-bond acceptors (Lipinski definition) is 10. The zero-order valence-electron chi connectivity index (χ0n) is 28.5. The number of phenols is 2. The number of Topliss-reactive ketones (excluding diaryl/α,β-unsaturated/α-hetero) is 1. The van der Waals surface area contributed by atoms with Crippen molar-refractivity contribution in [2.75, 3.05) is 26.2 Å². The molecule has 6 aliphatic carbocycles. The number of hydrogen-bond donors (Lipinski definition) is 5. The molecule has 10 nitrogen and oxygen atoms in total. The summed E-state index contributed by atoms with van der Waals surface area (Å²) >= 11 is 0. The molecule has 6 fully saturated rings. The van der Waals surface area contributed by atoms with Gasteiger partial charge >= 0.3 is 0 Å². The highest BCUT2D eigenvalue weighted by Gasteiger charge is 2.74. The van der Waals surface area contributed by atoms with Crippen LogP contribution in [0.1, 0.15) is 86.5 Å². The fourth-order valence-corrected chi connectivity index (χ4v) is 12.7. The lowest BCUT2D eigenvalue weighted by Crippen LogP contribution is -2.77. The van der Waals surface area contributed by atoms with Gasteiger partial charge in [0.05, 0.1) is 28.1 Å². The van der Waals surface area contributed by atoms with E-state index in [0.29, 0.717) is 37.2 Å². The molecule has 2 saturated heterocycles. The Hall–Kier alpha value is -2.89. The Morgan fingerprint density at radius 1 is 0.700 bits per heavy atom. The van der Waals surface area contributed by atoms with Gasteiger partial charge in [-0.3, -0.25) is 14.6 Å². The largest absolute Gasteiger partial charge is 0.504 e. The Labute approximate surface area is 292 Å². The number of carbonyl (C=O) groups excluding carboxylic acids is 1. The highest BCUT2D eigenvalue weighted by molar-refractivity contribution is 5.90. The Bertz CT molecular complexity index is 1830. The van der Waals surface area contributed by atoms with Gasteiger partial charge in [-0.15, -0.1) is 0 Å². The number of phenolic OH excluding ortho intramolecular Hbond substituents is 2. The fourth-order valence-electron chi connectivity index (χ4n) is 12.7. The Morgan fingerprint density at radius 3 is 1.84 bits per heavy atom. The van der Waals surface area contributed by atoms with E-state index in [1.54, 1.807) is 12.1 Å². The molecule has 4 aliphatic heterocycles. The summed E-state index contributed by atoms with van der Waals surface area (Å²) in [6, 6.07) is 7.48. The van der Waals surface area contributed by atoms with Gasteiger partial charge in [0.25, 0.3) is 0 Å². The van der Waals surface area contributed by atoms with Crippen LogP contribution in [0.2, 0.25) is 0 Å². The van der Waals surface area contributed by atoms with E-state index in [-0.39, 0.29) is 29.4 Å². The van der Waals surface area contributed by atoms with Gasteiger partial charge < -0.3 is 35.0 Å². The molecule has 4 heterocycles. The van der Waals surface area contributed by atoms with E-state index in [0.717, 1.165) is 80.4 Å². The van der Waals surface area contributed by atoms with Crippen molar-refractivity contribution in [3.8, 4) is 23.0 Å². The van der Waals surface area contributed by atoms with E-state index in [4.69, 9.17) is 9.47 Å². The number of nitrogens with zero attached hydrogens (tertiary/aromatic N) is 2. The lowest BCUT2D eigenvalue weighted by atomic mass is 9.48. The van der Waals surface area contributed by atoms with Gasteiger partial charge in [-0.2, -0.15) is 0 Å². The molecule has 2 aromatic carbocycles. The Balaban J connectivity index is 0.000000120. The van der Waals surface area contributed by atoms with Crippen molar-refractivity contribution < 1.29 is 39.8 Å². The Morgan fingerprint density at radius 2 is 1.24 bits per heavy atom. The van der Waals surface area contributed by atoms with Crippen LogP contribution in [-0.2, 0) is 28.5 Å². The molecule has 10 aliphatic rings. The van der Waals surface area contributed by atoms with Gasteiger partial charge in [-0.05, 0) is 119 Å². The fraction of sp³-hybridized carbons (Fsp3) is 0.675. The van der Waals surface area contributed by atoms with Crippen molar-refractivity contribution in [1.82, 2.24) is 9.80 Å². The maximum absolute atomic E-state index is 12.7. The van der Waals surface area contributed by atoms with Crippen LogP contribution >= 0.6 is 0 Å². The first-order valence-electron chi connectivity index (χ1n) is 19.3. The van der Waals surface area contributed by atoms with Crippen LogP contribution in [0.3, 0.4) is 0 Å². The van der Waals surface area contributed by atoms with Crippen LogP contribution in [0, 0.1) is 11.8 Å². The lowest BCUT2D eigenvalue weighted by Gasteiger charge is -2.63. The van der Waals surface area contributed by atoms with E-state index >= 15 is 0 Å². The summed E-state index contributed by atoms with van der Waals surface area (Å²) < 4.78 is 12.2. The first kappa shape index (κ1) is 30.7. The van der Waals surface area contributed by atoms with Crippen molar-refractivity contribution >= 4 is 5.78 Å². The topological polar surface area (TPSA) is 143 Å². The summed E-state index contributed by atoms with van der Waals surface area (Å²) in [4.78, 5) is 17.7. The number of likely N-dealkylation sites (tertiary alicyclic amines) is 2. The second-order valence-corrected chi connectivity index (χ2v) is 17.6. The van der Waals surface area contributed by atoms with E-state index in [2.05, 4.69) is 9.80 Å². The molecule has 0 aromatic heterocycles. The average molecular weight is 685 g/mol. The number of ether oxygens (including phenoxy) is 2. The second-order valence-electron chi connectivity index (χ2n) is 17.6. The van der Waals surface area contributed by atoms with Crippen LogP contribution in [0.5, 0.6) is 23.0 Å². The van der Waals surface area contributed by atoms with Crippen LogP contribution in [0.4, 0.5) is 0 Å². The third-order valence-electron chi connectivity index (χ3n) is 15.3. The minimum atomic E-state index is -0.940. The van der Waals surface area contributed by atoms with E-state index in [9.17, 15) is 30.3 Å². The maximum Gasteiger partial charge on any atom is 0.174 e. The van der Waals surface area contributed by atoms with Gasteiger partial charge in [0.15, 0.2) is 34.9 Å². The molecule has 0 unspecified atom stereocenters. The quantitative estimate of drug-likeness (QED) is 0.327. The number of benzene rings is 2. The predicted octanol–water partition coefficient (Wildman–Crippen LogP) is 2.84. The van der Waals surface area contributed by atoms with Gasteiger partial charge in [0.2, 0.25) is 0 Å². The molecule has 10 heteroatoms. The Kier molecular flexibility index (Phi) is 6.11. The third-order valence-corrected chi connectivity index (χ3v) is 15.3. The minimum Gasteiger partial charge on any atom is -0.504 e. The van der Waals surface area contributed by atoms with Crippen molar-refractivity contribution in [2.24, 2.45) is 11.8 Å². The molecule has 12 rings (SSSR count). The standard InChI is InChI=1S/C20H25NO4.C20H23NO4/c2*22-13-4-3-12-9-15-20(24)6-5-14(23)18-19(20,16(12)17(13)25-18)7-8-21(15)10-11-1-2-11/h3-4,11,14-15,18,22-24H,1-2,5-10H2;3-4,11,15,18,22,24H,1-2,5-10H2/t14-,15+,18-,19-,20+;15-,18+,19+,20-/m01/s1. The number of piperidine rings is 2. The SMILES string of the molecule is O=C1CC[C@@]2(O)[C@H]3Cc4ccc(O)c5c4[C@@]2(CCN3CC2CC2)[C@H]1O5.Oc1ccc2c3c1O[C@H]1[C@@H](O)CC[C@@]4(O)[C@@H](C2)N(CC2CC2)CC[C@]314. The molecule has 50 heavy (non-hydrogen) atoms. The normalized spacial score (nSPS) is 42.9. The second kappa shape index (κ2) is 9.95. The third kappa shape index (κ3) is 3.65. The van der Waals surface area contributed by atoms with E-state index in [1.807, 2.05) is 12.1 Å². The molecule has 4 saturated carbocycles. The zero-order valence-corrected chi connectivity index (χ0v) is 28.5. The van der Waals surface area contributed by atoms with Crippen molar-refractivity contribution in [2.45, 2.75) is 129 Å². The van der Waals surface area contributed by atoms with Crippen LogP contribution in [0.25, 0.3) is 0 Å². The summed E-state index contributed by atoms with van der Waals surface area (Å²) in [5.74, 6) is 2.82. The summed E-state index contributed by atoms with van der Waals surface area (Å²) in [7, 11) is 0. The van der Waals surface area contributed by atoms with Crippen LogP contribution in [0.15, 0.2) is 24.3 Å². The minimum absolute atomic E-state index is 0.0454. The molecule has 2 aromatic rings. The number of aliphatic hydroxyl groups is 3. The molecule has 0 amide bonds. The van der Waals surface area contributed by atoms with Gasteiger partial charge in [0, 0.05) is 42.7 Å². The number of carbonyl (C=O) groups is 1. The number of aromatic hydroxyl groups is 2. The van der Waals surface area contributed by atoms with E-state index < -0.39 is 40.3 Å². The number of rotatable bonds is 4. The van der Waals surface area contributed by atoms with Crippen molar-refractivity contribution in [3.63, 3.8) is 0 Å². The van der Waals surface area contributed by atoms with Gasteiger partial charge in [0.1, 0.15) is 6.10 Å². The zero-order chi connectivity index (χ0) is 33.9. The number of aliphatic hydroxyl groups excluding tert-OH is 1. The van der Waals surface area contributed by atoms with Crippen LogP contribution < -0.4 is 9.47 Å². The highest BCUT2D eigenvalue weighted by atomic mass is 16.5. The van der Waals surface area contributed by atoms with E-state index in [1.165, 1.54) is 31.2 Å². The predicted molar refractivity (Wildman–Crippen MR) is 181 cm³/mol. The molecule has 4 bridgehead atoms. The van der Waals surface area contributed by atoms with Crippen LogP contribution in [-0.4, -0.2) is 109 Å². The first-order chi connectivity index (χ1) is 24.1. The monoisotopic (exact) mass is 684 g/mol. The molecule has 2 spiro atoms. The highest BCUT2D eigenvalue weighted by Crippen LogP contribution is 2.67. The summed E-state index contributed by atoms with van der Waals surface area (Å²) in [6.45, 7) is 3.97. The smallest absolute Gasteiger partial charge is 0.174 e. The van der Waals surface area contributed by atoms with Gasteiger partial charge in [-0.1, -0.05) is 12.1 Å².